The number of carbonyl (C=O) groups is 3. The summed E-state index contributed by atoms with van der Waals surface area (Å²) in [6.07, 6.45) is -17.0. The number of rotatable bonds is 9. The number of hydrogen-bond donors (Lipinski definition) is 2. The Morgan fingerprint density at radius 2 is 1.19 bits per heavy atom. The Hall–Kier alpha value is -7.30. The van der Waals surface area contributed by atoms with Crippen LogP contribution in [0.1, 0.15) is 87.5 Å². The predicted molar refractivity (Wildman–Crippen MR) is 234 cm³/mol. The molecular weight excluding hydrogens is 922 g/mol. The van der Waals surface area contributed by atoms with Gasteiger partial charge in [-0.3, -0.25) is 9.69 Å². The highest BCUT2D eigenvalue weighted by Gasteiger charge is 2.52. The number of aromatic carboxylic acids is 1. The molecule has 9 rings (SSSR count). The molecule has 3 aliphatic rings. The van der Waals surface area contributed by atoms with Crippen LogP contribution < -0.4 is 4.74 Å². The third kappa shape index (κ3) is 9.99. The van der Waals surface area contributed by atoms with E-state index < -0.39 is 82.9 Å². The Balaban J connectivity index is 0.000000254. The van der Waals surface area contributed by atoms with E-state index in [1.54, 1.807) is 30.3 Å². The van der Waals surface area contributed by atoms with Crippen molar-refractivity contribution in [3.05, 3.63) is 172 Å². The summed E-state index contributed by atoms with van der Waals surface area (Å²) in [5.41, 5.74) is 0.942. The number of methoxy groups -OCH3 is 1. The largest absolute Gasteiger partial charge is 0.496 e. The number of alkyl halides is 9. The summed E-state index contributed by atoms with van der Waals surface area (Å²) in [7, 11) is 1.35. The van der Waals surface area contributed by atoms with Crippen molar-refractivity contribution in [1.29, 1.82) is 0 Å². The van der Waals surface area contributed by atoms with Crippen LogP contribution in [-0.4, -0.2) is 46.3 Å². The van der Waals surface area contributed by atoms with Gasteiger partial charge in [0.25, 0.3) is 0 Å². The van der Waals surface area contributed by atoms with Gasteiger partial charge in [0.1, 0.15) is 11.9 Å². The van der Waals surface area contributed by atoms with E-state index in [4.69, 9.17) is 9.47 Å². The molecule has 1 amide bonds. The SMILES string of the molecule is COc1ccc([C@H]2C[C@H](C(=O)O)C2)cc1-c1ccc(C(F)(F)F)cc1[C@@H]1CC[C@H]2[C@@H](c3cc(C(F)(F)F)cc(C(F)(F)F)c3)OC(=O)N12.O=C(O)c1ccc(-c2ccccc2)c(-c2ccccc2)c1. The zero-order valence-corrected chi connectivity index (χ0v) is 36.2. The van der Waals surface area contributed by atoms with Crippen LogP contribution >= 0.6 is 0 Å². The summed E-state index contributed by atoms with van der Waals surface area (Å²) in [4.78, 5) is 36.9. The van der Waals surface area contributed by atoms with Gasteiger partial charge in [-0.2, -0.15) is 39.5 Å². The smallest absolute Gasteiger partial charge is 0.416 e. The molecule has 0 unspecified atom stereocenters. The van der Waals surface area contributed by atoms with E-state index in [2.05, 4.69) is 0 Å². The number of nitrogens with zero attached hydrogens (tertiary/aromatic N) is 1. The Morgan fingerprint density at radius 3 is 1.74 bits per heavy atom. The van der Waals surface area contributed by atoms with E-state index in [1.807, 2.05) is 66.7 Å². The number of ether oxygens (including phenoxy) is 2. The van der Waals surface area contributed by atoms with Crippen LogP contribution in [0.3, 0.4) is 0 Å². The molecule has 0 spiro atoms. The average molecular weight is 962 g/mol. The molecule has 2 N–H and O–H groups in total. The van der Waals surface area contributed by atoms with Gasteiger partial charge in [-0.25, -0.2) is 9.59 Å². The number of fused-ring (bicyclic) bond motifs is 1. The lowest BCUT2D eigenvalue weighted by Crippen LogP contribution is -2.31. The first-order valence-electron chi connectivity index (χ1n) is 21.5. The lowest BCUT2D eigenvalue weighted by atomic mass is 9.71. The summed E-state index contributed by atoms with van der Waals surface area (Å²) >= 11 is 0. The normalized spacial score (nSPS) is 20.0. The summed E-state index contributed by atoms with van der Waals surface area (Å²) < 4.78 is 134. The number of cyclic esters (lactones) is 1. The van der Waals surface area contributed by atoms with Crippen LogP contribution in [0, 0.1) is 5.92 Å². The Labute approximate surface area is 388 Å². The molecular formula is C52H40F9NO7. The van der Waals surface area contributed by atoms with Crippen LogP contribution in [0.4, 0.5) is 44.3 Å². The first-order valence-corrected chi connectivity index (χ1v) is 21.5. The van der Waals surface area contributed by atoms with Crippen molar-refractivity contribution in [1.82, 2.24) is 4.90 Å². The molecule has 0 radical (unpaired) electrons. The van der Waals surface area contributed by atoms with Gasteiger partial charge in [0, 0.05) is 5.56 Å². The standard InChI is InChI=1S/C33H26F9NO5.C19H14O2/c1-47-27-7-2-15(16-8-18(9-16)29(44)45)12-24(27)22-4-3-19(31(34,35)36)14-23(22)25-5-6-26-28(48-30(46)43(25)26)17-10-20(32(37,38)39)13-21(11-17)33(40,41)42;20-19(21)16-11-12-17(14-7-3-1-4-8-14)18(13-16)15-9-5-2-6-10-15/h2-4,7,10-14,16,18,25-26,28H,5-6,8-9H2,1H3,(H,44,45);1-13H,(H,20,21)/t16-,18-,25-,26-,28+;/m0./s1. The van der Waals surface area contributed by atoms with Crippen LogP contribution in [-0.2, 0) is 28.1 Å². The van der Waals surface area contributed by atoms with E-state index in [1.165, 1.54) is 13.2 Å². The highest BCUT2D eigenvalue weighted by molar-refractivity contribution is 5.93. The third-order valence-electron chi connectivity index (χ3n) is 12.8. The second-order valence-electron chi connectivity index (χ2n) is 17.0. The number of amides is 1. The first kappa shape index (κ1) is 48.2. The van der Waals surface area contributed by atoms with Crippen molar-refractivity contribution in [2.75, 3.05) is 7.11 Å². The van der Waals surface area contributed by atoms with Crippen molar-refractivity contribution in [3.63, 3.8) is 0 Å². The fourth-order valence-corrected chi connectivity index (χ4v) is 9.33. The molecule has 3 fully saturated rings. The lowest BCUT2D eigenvalue weighted by Gasteiger charge is -2.33. The molecule has 1 aliphatic carbocycles. The molecule has 2 aliphatic heterocycles. The maximum atomic E-state index is 14.0. The lowest BCUT2D eigenvalue weighted by molar-refractivity contribution is -0.145. The summed E-state index contributed by atoms with van der Waals surface area (Å²) in [5.74, 6) is -2.24. The highest BCUT2D eigenvalue weighted by Crippen LogP contribution is 2.52. The molecule has 3 atom stereocenters. The van der Waals surface area contributed by atoms with Gasteiger partial charge in [-0.15, -0.1) is 0 Å². The molecule has 6 aromatic rings. The number of carboxylic acid groups (broad SMARTS) is 2. The molecule has 358 valence electrons. The predicted octanol–water partition coefficient (Wildman–Crippen LogP) is 14.1. The van der Waals surface area contributed by atoms with E-state index in [0.29, 0.717) is 36.1 Å². The number of halogens is 9. The van der Waals surface area contributed by atoms with Gasteiger partial charge in [0.05, 0.1) is 47.4 Å². The van der Waals surface area contributed by atoms with Crippen LogP contribution in [0.2, 0.25) is 0 Å². The van der Waals surface area contributed by atoms with Crippen molar-refractivity contribution < 1.29 is 73.6 Å². The highest BCUT2D eigenvalue weighted by atomic mass is 19.4. The number of carbonyl (C=O) groups excluding carboxylic acids is 1. The molecule has 8 nitrogen and oxygen atoms in total. The quantitative estimate of drug-likeness (QED) is 0.139. The van der Waals surface area contributed by atoms with Crippen LogP contribution in [0.25, 0.3) is 33.4 Å². The molecule has 69 heavy (non-hydrogen) atoms. The molecule has 0 bridgehead atoms. The maximum Gasteiger partial charge on any atom is 0.416 e. The zero-order chi connectivity index (χ0) is 49.6. The van der Waals surface area contributed by atoms with E-state index in [0.717, 1.165) is 44.8 Å². The van der Waals surface area contributed by atoms with Crippen LogP contribution in [0.15, 0.2) is 133 Å². The number of hydrogen-bond acceptors (Lipinski definition) is 5. The monoisotopic (exact) mass is 961 g/mol. The summed E-state index contributed by atoms with van der Waals surface area (Å²) in [6, 6.07) is 31.8. The Bertz CT molecular complexity index is 2860. The van der Waals surface area contributed by atoms with Crippen molar-refractivity contribution in [2.45, 2.75) is 68.3 Å². The minimum atomic E-state index is -5.15. The number of benzene rings is 6. The van der Waals surface area contributed by atoms with E-state index in [-0.39, 0.29) is 41.7 Å². The summed E-state index contributed by atoms with van der Waals surface area (Å²) in [5, 5.41) is 18.5. The van der Waals surface area contributed by atoms with Crippen molar-refractivity contribution >= 4 is 18.0 Å². The zero-order valence-electron chi connectivity index (χ0n) is 36.2. The molecule has 1 saturated carbocycles. The molecule has 6 aromatic carbocycles. The minimum Gasteiger partial charge on any atom is -0.496 e. The fraction of sp³-hybridized carbons (Fsp3) is 0.250. The average Bonchev–Trinajstić information content (AvgIpc) is 3.88. The topological polar surface area (TPSA) is 113 Å². The van der Waals surface area contributed by atoms with Crippen molar-refractivity contribution in [2.24, 2.45) is 5.92 Å². The second kappa shape index (κ2) is 18.7. The fourth-order valence-electron chi connectivity index (χ4n) is 9.33. The Morgan fingerprint density at radius 1 is 0.609 bits per heavy atom. The van der Waals surface area contributed by atoms with Gasteiger partial charge < -0.3 is 19.7 Å². The van der Waals surface area contributed by atoms with Gasteiger partial charge in [-0.05, 0) is 131 Å². The minimum absolute atomic E-state index is 0.00415. The second-order valence-corrected chi connectivity index (χ2v) is 17.0. The number of carboxylic acids is 2. The van der Waals surface area contributed by atoms with Crippen molar-refractivity contribution in [3.8, 4) is 39.1 Å². The Kier molecular flexibility index (Phi) is 13.0. The van der Waals surface area contributed by atoms with Gasteiger partial charge in [-0.1, -0.05) is 78.9 Å². The molecule has 2 saturated heterocycles. The summed E-state index contributed by atoms with van der Waals surface area (Å²) in [6.45, 7) is 0. The maximum absolute atomic E-state index is 14.0. The van der Waals surface area contributed by atoms with Crippen LogP contribution in [0.5, 0.6) is 5.75 Å². The molecule has 17 heteroatoms. The van der Waals surface area contributed by atoms with Gasteiger partial charge in [0.15, 0.2) is 0 Å². The van der Waals surface area contributed by atoms with E-state index in [9.17, 15) is 64.1 Å². The van der Waals surface area contributed by atoms with E-state index >= 15 is 0 Å². The molecule has 0 aromatic heterocycles. The first-order chi connectivity index (χ1) is 32.6. The third-order valence-corrected chi connectivity index (χ3v) is 12.8. The molecule has 2 heterocycles. The van der Waals surface area contributed by atoms with Gasteiger partial charge in [0.2, 0.25) is 0 Å². The van der Waals surface area contributed by atoms with Gasteiger partial charge >= 0.3 is 36.6 Å². The number of aliphatic carboxylic acids is 1.